The van der Waals surface area contributed by atoms with Gasteiger partial charge in [0.1, 0.15) is 0 Å². The van der Waals surface area contributed by atoms with E-state index in [-0.39, 0.29) is 18.2 Å². The van der Waals surface area contributed by atoms with Gasteiger partial charge in [0, 0.05) is 17.3 Å². The number of rotatable bonds is 6. The van der Waals surface area contributed by atoms with Gasteiger partial charge in [-0.15, -0.1) is 0 Å². The van der Waals surface area contributed by atoms with Crippen LogP contribution in [-0.2, 0) is 14.4 Å². The molecule has 0 spiro atoms. The molecule has 0 fully saturated rings. The van der Waals surface area contributed by atoms with Gasteiger partial charge in [-0.2, -0.15) is 0 Å². The number of primary amides is 1. The van der Waals surface area contributed by atoms with Crippen LogP contribution in [-0.4, -0.2) is 23.8 Å². The van der Waals surface area contributed by atoms with Crippen molar-refractivity contribution in [3.05, 3.63) is 24.3 Å². The molecule has 7 nitrogen and oxygen atoms in total. The maximum absolute atomic E-state index is 11.7. The molecule has 0 saturated carbocycles. The average molecular weight is 292 g/mol. The number of nitrogens with two attached hydrogens (primary N) is 2. The standard InChI is InChI=1S/C14H20N4O3/c1-8(2)13(20)17-9-3-5-10(6-4-9)18-14(21)11(15)7-12(16)19/h3-6,8,11H,7,15H2,1-2H3,(H2,16,19)(H,17,20)(H,18,21). The first kappa shape index (κ1) is 16.6. The second-order valence-electron chi connectivity index (χ2n) is 4.99. The van der Waals surface area contributed by atoms with Crippen molar-refractivity contribution in [1.82, 2.24) is 0 Å². The van der Waals surface area contributed by atoms with Crippen LogP contribution in [0.15, 0.2) is 24.3 Å². The fourth-order valence-electron chi connectivity index (χ4n) is 1.47. The predicted octanol–water partition coefficient (Wildman–Crippen LogP) is 0.422. The van der Waals surface area contributed by atoms with E-state index in [9.17, 15) is 14.4 Å². The molecule has 1 atom stereocenters. The molecule has 21 heavy (non-hydrogen) atoms. The molecule has 114 valence electrons. The second kappa shape index (κ2) is 7.39. The van der Waals surface area contributed by atoms with Crippen molar-refractivity contribution in [1.29, 1.82) is 0 Å². The first-order valence-corrected chi connectivity index (χ1v) is 6.55. The van der Waals surface area contributed by atoms with E-state index in [1.807, 2.05) is 0 Å². The van der Waals surface area contributed by atoms with Crippen molar-refractivity contribution in [2.75, 3.05) is 10.6 Å². The first-order valence-electron chi connectivity index (χ1n) is 6.55. The molecule has 3 amide bonds. The summed E-state index contributed by atoms with van der Waals surface area (Å²) in [6, 6.07) is 5.60. The van der Waals surface area contributed by atoms with Crippen molar-refractivity contribution >= 4 is 29.1 Å². The summed E-state index contributed by atoms with van der Waals surface area (Å²) in [6.07, 6.45) is -0.214. The molecule has 6 N–H and O–H groups in total. The summed E-state index contributed by atoms with van der Waals surface area (Å²) >= 11 is 0. The third-order valence-corrected chi connectivity index (χ3v) is 2.70. The zero-order chi connectivity index (χ0) is 16.0. The van der Waals surface area contributed by atoms with Gasteiger partial charge in [-0.05, 0) is 24.3 Å². The molecule has 0 aliphatic carbocycles. The fourth-order valence-corrected chi connectivity index (χ4v) is 1.47. The van der Waals surface area contributed by atoms with Crippen LogP contribution < -0.4 is 22.1 Å². The molecule has 0 aliphatic rings. The number of nitrogens with one attached hydrogen (secondary N) is 2. The topological polar surface area (TPSA) is 127 Å². The predicted molar refractivity (Wildman–Crippen MR) is 80.3 cm³/mol. The molecule has 1 aromatic rings. The van der Waals surface area contributed by atoms with E-state index in [2.05, 4.69) is 10.6 Å². The maximum atomic E-state index is 11.7. The number of hydrogen-bond donors (Lipinski definition) is 4. The molecule has 0 bridgehead atoms. The van der Waals surface area contributed by atoms with Crippen LogP contribution in [0.1, 0.15) is 20.3 Å². The van der Waals surface area contributed by atoms with Gasteiger partial charge < -0.3 is 22.1 Å². The van der Waals surface area contributed by atoms with Crippen LogP contribution in [0.2, 0.25) is 0 Å². The smallest absolute Gasteiger partial charge is 0.241 e. The SMILES string of the molecule is CC(C)C(=O)Nc1ccc(NC(=O)C(N)CC(N)=O)cc1. The Morgan fingerprint density at radius 2 is 1.43 bits per heavy atom. The highest BCUT2D eigenvalue weighted by atomic mass is 16.2. The lowest BCUT2D eigenvalue weighted by Crippen LogP contribution is -2.38. The van der Waals surface area contributed by atoms with E-state index in [0.717, 1.165) is 0 Å². The van der Waals surface area contributed by atoms with Crippen LogP contribution in [0.4, 0.5) is 11.4 Å². The highest BCUT2D eigenvalue weighted by molar-refractivity contribution is 5.97. The third-order valence-electron chi connectivity index (χ3n) is 2.70. The average Bonchev–Trinajstić information content (AvgIpc) is 2.39. The minimum Gasteiger partial charge on any atom is -0.370 e. The van der Waals surface area contributed by atoms with Gasteiger partial charge in [-0.1, -0.05) is 13.8 Å². The second-order valence-corrected chi connectivity index (χ2v) is 4.99. The Bertz CT molecular complexity index is 526. The van der Waals surface area contributed by atoms with E-state index < -0.39 is 17.9 Å². The van der Waals surface area contributed by atoms with E-state index in [0.29, 0.717) is 11.4 Å². The monoisotopic (exact) mass is 292 g/mol. The molecule has 1 unspecified atom stereocenters. The Morgan fingerprint density at radius 3 is 1.81 bits per heavy atom. The van der Waals surface area contributed by atoms with Gasteiger partial charge in [-0.3, -0.25) is 14.4 Å². The number of amides is 3. The van der Waals surface area contributed by atoms with Gasteiger partial charge in [-0.25, -0.2) is 0 Å². The van der Waals surface area contributed by atoms with Gasteiger partial charge in [0.15, 0.2) is 0 Å². The van der Waals surface area contributed by atoms with Crippen molar-refractivity contribution in [3.8, 4) is 0 Å². The lowest BCUT2D eigenvalue weighted by molar-refractivity contribution is -0.123. The fraction of sp³-hybridized carbons (Fsp3) is 0.357. The normalized spacial score (nSPS) is 11.8. The molecule has 7 heteroatoms. The number of carbonyl (C=O) groups excluding carboxylic acids is 3. The van der Waals surface area contributed by atoms with Crippen LogP contribution in [0.5, 0.6) is 0 Å². The lowest BCUT2D eigenvalue weighted by Gasteiger charge is -2.12. The first-order chi connectivity index (χ1) is 9.79. The van der Waals surface area contributed by atoms with Crippen molar-refractivity contribution in [2.45, 2.75) is 26.3 Å². The third kappa shape index (κ3) is 5.62. The summed E-state index contributed by atoms with van der Waals surface area (Å²) in [5, 5.41) is 5.30. The summed E-state index contributed by atoms with van der Waals surface area (Å²) in [5.41, 5.74) is 11.6. The Hall–Kier alpha value is -2.41. The largest absolute Gasteiger partial charge is 0.370 e. The van der Waals surface area contributed by atoms with E-state index >= 15 is 0 Å². The number of hydrogen-bond acceptors (Lipinski definition) is 4. The maximum Gasteiger partial charge on any atom is 0.241 e. The summed E-state index contributed by atoms with van der Waals surface area (Å²) in [5.74, 6) is -1.33. The molecule has 0 saturated heterocycles. The molecule has 0 aromatic heterocycles. The van der Waals surface area contributed by atoms with Crippen LogP contribution in [0.25, 0.3) is 0 Å². The van der Waals surface area contributed by atoms with Gasteiger partial charge >= 0.3 is 0 Å². The molecular formula is C14H20N4O3. The van der Waals surface area contributed by atoms with Crippen molar-refractivity contribution in [2.24, 2.45) is 17.4 Å². The summed E-state index contributed by atoms with van der Waals surface area (Å²) in [4.78, 5) is 33.9. The van der Waals surface area contributed by atoms with Crippen LogP contribution in [0.3, 0.4) is 0 Å². The zero-order valence-corrected chi connectivity index (χ0v) is 12.1. The molecule has 0 heterocycles. The van der Waals surface area contributed by atoms with E-state index in [1.54, 1.807) is 38.1 Å². The van der Waals surface area contributed by atoms with Crippen molar-refractivity contribution in [3.63, 3.8) is 0 Å². The Kier molecular flexibility index (Phi) is 5.86. The number of benzene rings is 1. The molecular weight excluding hydrogens is 272 g/mol. The van der Waals surface area contributed by atoms with Gasteiger partial charge in [0.05, 0.1) is 12.5 Å². The Morgan fingerprint density at radius 1 is 1.00 bits per heavy atom. The Labute approximate surface area is 123 Å². The van der Waals surface area contributed by atoms with Gasteiger partial charge in [0.25, 0.3) is 0 Å². The summed E-state index contributed by atoms with van der Waals surface area (Å²) < 4.78 is 0. The van der Waals surface area contributed by atoms with Crippen LogP contribution in [0, 0.1) is 5.92 Å². The zero-order valence-electron chi connectivity index (χ0n) is 12.1. The lowest BCUT2D eigenvalue weighted by atomic mass is 10.2. The summed E-state index contributed by atoms with van der Waals surface area (Å²) in [7, 11) is 0. The minimum atomic E-state index is -0.983. The quantitative estimate of drug-likeness (QED) is 0.606. The van der Waals surface area contributed by atoms with Crippen LogP contribution >= 0.6 is 0 Å². The number of anilines is 2. The molecule has 0 radical (unpaired) electrons. The van der Waals surface area contributed by atoms with Gasteiger partial charge in [0.2, 0.25) is 17.7 Å². The molecule has 1 rings (SSSR count). The van der Waals surface area contributed by atoms with Crippen molar-refractivity contribution < 1.29 is 14.4 Å². The minimum absolute atomic E-state index is 0.0877. The van der Waals surface area contributed by atoms with E-state index in [4.69, 9.17) is 11.5 Å². The highest BCUT2D eigenvalue weighted by Crippen LogP contribution is 2.14. The highest BCUT2D eigenvalue weighted by Gasteiger charge is 2.16. The number of carbonyl (C=O) groups is 3. The Balaban J connectivity index is 2.60. The summed E-state index contributed by atoms with van der Waals surface area (Å²) in [6.45, 7) is 3.59. The van der Waals surface area contributed by atoms with E-state index in [1.165, 1.54) is 0 Å². The molecule has 1 aromatic carbocycles. The molecule has 0 aliphatic heterocycles.